The van der Waals surface area contributed by atoms with E-state index in [2.05, 4.69) is 53.3 Å². The van der Waals surface area contributed by atoms with Gasteiger partial charge in [0.2, 0.25) is 0 Å². The van der Waals surface area contributed by atoms with Crippen LogP contribution in [0.1, 0.15) is 30.5 Å². The van der Waals surface area contributed by atoms with Gasteiger partial charge in [0.15, 0.2) is 17.5 Å². The molecular formula is C23H34N4O2. The maximum atomic E-state index is 6.07. The molecule has 158 valence electrons. The Morgan fingerprint density at radius 1 is 1.00 bits per heavy atom. The number of methoxy groups -OCH3 is 2. The van der Waals surface area contributed by atoms with E-state index in [1.807, 2.05) is 18.2 Å². The highest BCUT2D eigenvalue weighted by atomic mass is 16.5. The molecule has 0 aliphatic heterocycles. The van der Waals surface area contributed by atoms with Crippen LogP contribution < -0.4 is 20.5 Å². The number of nitrogens with two attached hydrogens (primary N) is 1. The van der Waals surface area contributed by atoms with Gasteiger partial charge in [-0.05, 0) is 48.3 Å². The van der Waals surface area contributed by atoms with E-state index >= 15 is 0 Å². The summed E-state index contributed by atoms with van der Waals surface area (Å²) in [6.45, 7) is 8.65. The van der Waals surface area contributed by atoms with E-state index in [1.54, 1.807) is 14.2 Å². The van der Waals surface area contributed by atoms with Crippen molar-refractivity contribution in [3.8, 4) is 11.5 Å². The molecule has 2 aromatic carbocycles. The van der Waals surface area contributed by atoms with Crippen molar-refractivity contribution in [2.75, 3.05) is 33.9 Å². The fourth-order valence-corrected chi connectivity index (χ4v) is 3.15. The first-order valence-electron chi connectivity index (χ1n) is 10.1. The van der Waals surface area contributed by atoms with E-state index in [0.29, 0.717) is 19.0 Å². The average Bonchev–Trinajstić information content (AvgIpc) is 2.76. The molecule has 6 heteroatoms. The van der Waals surface area contributed by atoms with Gasteiger partial charge in [0.25, 0.3) is 0 Å². The van der Waals surface area contributed by atoms with E-state index in [4.69, 9.17) is 15.2 Å². The minimum absolute atomic E-state index is 0.461. The lowest BCUT2D eigenvalue weighted by molar-refractivity contribution is 0.295. The third-order valence-electron chi connectivity index (χ3n) is 4.99. The van der Waals surface area contributed by atoms with Crippen LogP contribution in [0.2, 0.25) is 0 Å². The fourth-order valence-electron chi connectivity index (χ4n) is 3.15. The molecule has 0 radical (unpaired) electrons. The summed E-state index contributed by atoms with van der Waals surface area (Å²) in [5.74, 6) is 1.92. The van der Waals surface area contributed by atoms with Gasteiger partial charge < -0.3 is 20.5 Å². The monoisotopic (exact) mass is 398 g/mol. The van der Waals surface area contributed by atoms with Crippen LogP contribution in [0.3, 0.4) is 0 Å². The van der Waals surface area contributed by atoms with Gasteiger partial charge in [-0.15, -0.1) is 0 Å². The third kappa shape index (κ3) is 6.98. The summed E-state index contributed by atoms with van der Waals surface area (Å²) in [6.07, 6.45) is 0.815. The molecule has 2 rings (SSSR count). The number of ether oxygens (including phenoxy) is 2. The maximum Gasteiger partial charge on any atom is 0.188 e. The van der Waals surface area contributed by atoms with E-state index < -0.39 is 0 Å². The molecule has 0 bridgehead atoms. The van der Waals surface area contributed by atoms with Crippen molar-refractivity contribution in [3.63, 3.8) is 0 Å². The molecule has 2 aromatic rings. The minimum Gasteiger partial charge on any atom is -0.493 e. The van der Waals surface area contributed by atoms with Gasteiger partial charge in [-0.3, -0.25) is 4.90 Å². The summed E-state index contributed by atoms with van der Waals surface area (Å²) < 4.78 is 10.6. The van der Waals surface area contributed by atoms with Gasteiger partial charge in [-0.2, -0.15) is 0 Å². The molecule has 0 unspecified atom stereocenters. The Kier molecular flexibility index (Phi) is 9.31. The largest absolute Gasteiger partial charge is 0.493 e. The molecule has 0 fully saturated rings. The molecule has 0 saturated heterocycles. The van der Waals surface area contributed by atoms with Crippen molar-refractivity contribution in [2.45, 2.75) is 33.4 Å². The number of guanidine groups is 1. The van der Waals surface area contributed by atoms with Crippen LogP contribution in [0.5, 0.6) is 11.5 Å². The fraction of sp³-hybridized carbons (Fsp3) is 0.435. The summed E-state index contributed by atoms with van der Waals surface area (Å²) >= 11 is 0. The Bertz CT molecular complexity index is 788. The number of hydrogen-bond acceptors (Lipinski definition) is 4. The molecule has 0 aliphatic carbocycles. The lowest BCUT2D eigenvalue weighted by Gasteiger charge is -2.19. The standard InChI is InChI=1S/C23H34N4O2/c1-5-27(6-2)17-20-10-8-7-9-19(20)16-26-23(24)25-14-13-18-11-12-21(28-3)22(15-18)29-4/h7-12,15H,5-6,13-14,16-17H2,1-4H3,(H3,24,25,26). The maximum absolute atomic E-state index is 6.07. The van der Waals surface area contributed by atoms with Crippen molar-refractivity contribution >= 4 is 5.96 Å². The van der Waals surface area contributed by atoms with E-state index in [-0.39, 0.29) is 0 Å². The highest BCUT2D eigenvalue weighted by molar-refractivity contribution is 5.77. The van der Waals surface area contributed by atoms with Gasteiger partial charge in [-0.1, -0.05) is 44.2 Å². The second kappa shape index (κ2) is 12.0. The van der Waals surface area contributed by atoms with Gasteiger partial charge in [0.1, 0.15) is 0 Å². The predicted molar refractivity (Wildman–Crippen MR) is 120 cm³/mol. The molecule has 29 heavy (non-hydrogen) atoms. The van der Waals surface area contributed by atoms with Crippen molar-refractivity contribution < 1.29 is 9.47 Å². The average molecular weight is 399 g/mol. The zero-order valence-electron chi connectivity index (χ0n) is 18.1. The molecule has 0 aromatic heterocycles. The van der Waals surface area contributed by atoms with Gasteiger partial charge in [0.05, 0.1) is 20.8 Å². The van der Waals surface area contributed by atoms with Crippen LogP contribution >= 0.6 is 0 Å². The molecular weight excluding hydrogens is 364 g/mol. The van der Waals surface area contributed by atoms with E-state index in [1.165, 1.54) is 11.1 Å². The molecule has 0 amide bonds. The van der Waals surface area contributed by atoms with Gasteiger partial charge >= 0.3 is 0 Å². The van der Waals surface area contributed by atoms with Crippen molar-refractivity contribution in [3.05, 3.63) is 59.2 Å². The number of hydrogen-bond donors (Lipinski definition) is 2. The van der Waals surface area contributed by atoms with Crippen LogP contribution in [0.4, 0.5) is 0 Å². The lowest BCUT2D eigenvalue weighted by Crippen LogP contribution is -2.33. The van der Waals surface area contributed by atoms with Crippen molar-refractivity contribution in [2.24, 2.45) is 10.7 Å². The Labute approximate surface area is 174 Å². The smallest absolute Gasteiger partial charge is 0.188 e. The molecule has 0 atom stereocenters. The Balaban J connectivity index is 1.90. The summed E-state index contributed by atoms with van der Waals surface area (Å²) in [4.78, 5) is 6.92. The normalized spacial score (nSPS) is 11.6. The Morgan fingerprint density at radius 3 is 2.34 bits per heavy atom. The summed E-state index contributed by atoms with van der Waals surface area (Å²) in [5.41, 5.74) is 9.74. The first-order valence-corrected chi connectivity index (χ1v) is 10.1. The lowest BCUT2D eigenvalue weighted by atomic mass is 10.1. The zero-order chi connectivity index (χ0) is 21.1. The predicted octanol–water partition coefficient (Wildman–Crippen LogP) is 3.19. The first kappa shape index (κ1) is 22.6. The SMILES string of the molecule is CCN(CC)Cc1ccccc1CN=C(N)NCCc1ccc(OC)c(OC)c1. The topological polar surface area (TPSA) is 72.1 Å². The summed E-state index contributed by atoms with van der Waals surface area (Å²) in [5, 5.41) is 3.20. The van der Waals surface area contributed by atoms with Crippen LogP contribution in [-0.4, -0.2) is 44.7 Å². The summed E-state index contributed by atoms with van der Waals surface area (Å²) in [7, 11) is 3.28. The van der Waals surface area contributed by atoms with Gasteiger partial charge in [0, 0.05) is 13.1 Å². The number of aliphatic imine (C=N–C) groups is 1. The molecule has 0 spiro atoms. The van der Waals surface area contributed by atoms with Crippen LogP contribution in [0, 0.1) is 0 Å². The van der Waals surface area contributed by atoms with Crippen LogP contribution in [0.15, 0.2) is 47.5 Å². The van der Waals surface area contributed by atoms with Crippen LogP contribution in [-0.2, 0) is 19.5 Å². The molecule has 0 heterocycles. The highest BCUT2D eigenvalue weighted by Crippen LogP contribution is 2.27. The first-order chi connectivity index (χ1) is 14.1. The van der Waals surface area contributed by atoms with E-state index in [9.17, 15) is 0 Å². The zero-order valence-corrected chi connectivity index (χ0v) is 18.1. The highest BCUT2D eigenvalue weighted by Gasteiger charge is 2.07. The molecule has 0 aliphatic rings. The number of nitrogens with one attached hydrogen (secondary N) is 1. The van der Waals surface area contributed by atoms with Gasteiger partial charge in [-0.25, -0.2) is 4.99 Å². The second-order valence-corrected chi connectivity index (χ2v) is 6.80. The Hall–Kier alpha value is -2.73. The molecule has 3 N–H and O–H groups in total. The molecule has 0 saturated carbocycles. The number of benzene rings is 2. The minimum atomic E-state index is 0.461. The summed E-state index contributed by atoms with van der Waals surface area (Å²) in [6, 6.07) is 14.4. The van der Waals surface area contributed by atoms with E-state index in [0.717, 1.165) is 43.1 Å². The number of nitrogens with zero attached hydrogens (tertiary/aromatic N) is 2. The number of rotatable bonds is 11. The quantitative estimate of drug-likeness (QED) is 0.449. The molecule has 6 nitrogen and oxygen atoms in total. The van der Waals surface area contributed by atoms with Crippen molar-refractivity contribution in [1.29, 1.82) is 0 Å². The second-order valence-electron chi connectivity index (χ2n) is 6.80. The Morgan fingerprint density at radius 2 is 1.69 bits per heavy atom. The van der Waals surface area contributed by atoms with Crippen molar-refractivity contribution in [1.82, 2.24) is 10.2 Å². The third-order valence-corrected chi connectivity index (χ3v) is 4.99. The van der Waals surface area contributed by atoms with Crippen LogP contribution in [0.25, 0.3) is 0 Å².